The molecule has 20 heavy (non-hydrogen) atoms. The fraction of sp³-hybridized carbons (Fsp3) is 0. The van der Waals surface area contributed by atoms with Gasteiger partial charge in [-0.2, -0.15) is 10.4 Å². The number of hydrogen-bond acceptors (Lipinski definition) is 10. The standard InChI is InChI=1S/C2H2N10.2CH5N3/c3(1-5-9-10-6-1)4-2-7-11-12-8-2;2*2-1(3)4/h(H,5,6,9,10)(H,7,8,11,12);2*(H5,2,3,4). The van der Waals surface area contributed by atoms with Crippen molar-refractivity contribution in [2.24, 2.45) is 33.2 Å². The SMILES string of the molecule is N(=Nc1nn[nH]n1)c1nn[nH]n1.N=C(N)N.N=C(N)N. The summed E-state index contributed by atoms with van der Waals surface area (Å²) in [6.07, 6.45) is 0. The molecule has 0 radical (unpaired) electrons. The van der Waals surface area contributed by atoms with Crippen molar-refractivity contribution in [2.75, 3.05) is 0 Å². The molecule has 0 unspecified atom stereocenters. The molecule has 2 aromatic heterocycles. The highest BCUT2D eigenvalue weighted by Crippen LogP contribution is 2.04. The van der Waals surface area contributed by atoms with E-state index in [0.29, 0.717) is 0 Å². The summed E-state index contributed by atoms with van der Waals surface area (Å²) in [4.78, 5) is 0. The number of nitrogens with two attached hydrogens (primary N) is 4. The number of tetrazole rings is 2. The van der Waals surface area contributed by atoms with Crippen molar-refractivity contribution in [3.05, 3.63) is 0 Å². The number of azo groups is 1. The predicted molar refractivity (Wildman–Crippen MR) is 64.7 cm³/mol. The van der Waals surface area contributed by atoms with E-state index in [4.69, 9.17) is 10.8 Å². The molecule has 16 nitrogen and oxygen atoms in total. The summed E-state index contributed by atoms with van der Waals surface area (Å²) in [5, 5.41) is 44.2. The molecular formula is C4H12N16. The number of hydrogen-bond donors (Lipinski definition) is 8. The van der Waals surface area contributed by atoms with E-state index in [1.54, 1.807) is 0 Å². The van der Waals surface area contributed by atoms with E-state index < -0.39 is 0 Å². The van der Waals surface area contributed by atoms with Crippen LogP contribution >= 0.6 is 0 Å². The zero-order valence-electron chi connectivity index (χ0n) is 9.89. The van der Waals surface area contributed by atoms with Gasteiger partial charge in [-0.1, -0.05) is 10.2 Å². The Morgan fingerprint density at radius 2 is 1.10 bits per heavy atom. The molecule has 0 saturated heterocycles. The van der Waals surface area contributed by atoms with Crippen LogP contribution in [-0.4, -0.2) is 53.2 Å². The minimum Gasteiger partial charge on any atom is -0.370 e. The molecular weight excluding hydrogens is 272 g/mol. The van der Waals surface area contributed by atoms with E-state index in [9.17, 15) is 0 Å². The first-order valence-electron chi connectivity index (χ1n) is 4.49. The van der Waals surface area contributed by atoms with Crippen LogP contribution in [0.15, 0.2) is 10.2 Å². The lowest BCUT2D eigenvalue weighted by molar-refractivity contribution is 0.881. The second kappa shape index (κ2) is 9.32. The smallest absolute Gasteiger partial charge is 0.307 e. The monoisotopic (exact) mass is 284 g/mol. The third-order valence-electron chi connectivity index (χ3n) is 0.897. The van der Waals surface area contributed by atoms with E-state index in [1.165, 1.54) is 0 Å². The van der Waals surface area contributed by atoms with Crippen molar-refractivity contribution < 1.29 is 0 Å². The Hall–Kier alpha value is -3.72. The van der Waals surface area contributed by atoms with Crippen LogP contribution in [0.4, 0.5) is 11.9 Å². The van der Waals surface area contributed by atoms with Crippen LogP contribution in [0.1, 0.15) is 0 Å². The maximum atomic E-state index is 6.06. The van der Waals surface area contributed by atoms with Crippen LogP contribution < -0.4 is 22.9 Å². The molecule has 16 heteroatoms. The van der Waals surface area contributed by atoms with Gasteiger partial charge in [0.2, 0.25) is 0 Å². The zero-order chi connectivity index (χ0) is 15.4. The summed E-state index contributed by atoms with van der Waals surface area (Å²) in [7, 11) is 0. The molecule has 108 valence electrons. The number of aromatic amines is 2. The van der Waals surface area contributed by atoms with E-state index in [-0.39, 0.29) is 23.8 Å². The summed E-state index contributed by atoms with van der Waals surface area (Å²) in [5.74, 6) is -0.445. The van der Waals surface area contributed by atoms with E-state index in [1.807, 2.05) is 0 Å². The van der Waals surface area contributed by atoms with Crippen molar-refractivity contribution >= 4 is 23.8 Å². The minimum absolute atomic E-state index is 0.111. The highest BCUT2D eigenvalue weighted by Gasteiger charge is 1.95. The van der Waals surface area contributed by atoms with Crippen LogP contribution in [0.2, 0.25) is 0 Å². The average molecular weight is 284 g/mol. The Balaban J connectivity index is 0.000000380. The summed E-state index contributed by atoms with van der Waals surface area (Å²) in [5.41, 5.74) is 17.9. The number of nitrogens with zero attached hydrogens (tertiary/aromatic N) is 8. The summed E-state index contributed by atoms with van der Waals surface area (Å²) in [6, 6.07) is 0. The van der Waals surface area contributed by atoms with Crippen LogP contribution in [0.3, 0.4) is 0 Å². The molecule has 0 amide bonds. The quantitative estimate of drug-likeness (QED) is 0.155. The maximum Gasteiger partial charge on any atom is 0.307 e. The molecule has 0 aliphatic rings. The molecule has 0 aromatic carbocycles. The summed E-state index contributed by atoms with van der Waals surface area (Å²) in [6.45, 7) is 0. The second-order valence-corrected chi connectivity index (χ2v) is 2.53. The van der Waals surface area contributed by atoms with E-state index in [0.717, 1.165) is 0 Å². The molecule has 0 aliphatic carbocycles. The Bertz CT molecular complexity index is 448. The first-order chi connectivity index (χ1) is 9.41. The fourth-order valence-electron chi connectivity index (χ4n) is 0.487. The molecule has 0 aliphatic heterocycles. The minimum atomic E-state index is -0.333. The topological polar surface area (TPSA) is 285 Å². The highest BCUT2D eigenvalue weighted by molar-refractivity contribution is 5.72. The average Bonchev–Trinajstić information content (AvgIpc) is 2.99. The molecule has 2 rings (SSSR count). The predicted octanol–water partition coefficient (Wildman–Crippen LogP) is -3.19. The van der Waals surface area contributed by atoms with Gasteiger partial charge in [-0.3, -0.25) is 10.8 Å². The second-order valence-electron chi connectivity index (χ2n) is 2.53. The Kier molecular flexibility index (Phi) is 7.59. The molecule has 0 saturated carbocycles. The van der Waals surface area contributed by atoms with Crippen molar-refractivity contribution in [3.63, 3.8) is 0 Å². The van der Waals surface area contributed by atoms with Crippen molar-refractivity contribution in [2.45, 2.75) is 0 Å². The van der Waals surface area contributed by atoms with Crippen molar-refractivity contribution in [3.8, 4) is 0 Å². The first-order valence-corrected chi connectivity index (χ1v) is 4.49. The highest BCUT2D eigenvalue weighted by atomic mass is 15.5. The molecule has 0 fully saturated rings. The Morgan fingerprint density at radius 3 is 1.30 bits per heavy atom. The van der Waals surface area contributed by atoms with E-state index in [2.05, 4.69) is 74.4 Å². The van der Waals surface area contributed by atoms with Gasteiger partial charge in [-0.05, 0) is 10.4 Å². The lowest BCUT2D eigenvalue weighted by Crippen LogP contribution is -2.20. The van der Waals surface area contributed by atoms with Gasteiger partial charge in [-0.25, -0.2) is 0 Å². The molecule has 2 heterocycles. The maximum absolute atomic E-state index is 6.06. The molecule has 12 N–H and O–H groups in total. The number of nitrogens with one attached hydrogen (secondary N) is 4. The normalized spacial score (nSPS) is 9.00. The van der Waals surface area contributed by atoms with Gasteiger partial charge >= 0.3 is 11.9 Å². The Labute approximate surface area is 110 Å². The van der Waals surface area contributed by atoms with Gasteiger partial charge in [-0.15, -0.1) is 20.4 Å². The number of rotatable bonds is 2. The summed E-state index contributed by atoms with van der Waals surface area (Å²) >= 11 is 0. The molecule has 0 atom stereocenters. The third-order valence-corrected chi connectivity index (χ3v) is 0.897. The van der Waals surface area contributed by atoms with Crippen molar-refractivity contribution in [1.29, 1.82) is 10.8 Å². The molecule has 0 spiro atoms. The van der Waals surface area contributed by atoms with Crippen LogP contribution in [0, 0.1) is 10.8 Å². The summed E-state index contributed by atoms with van der Waals surface area (Å²) < 4.78 is 0. The molecule has 0 bridgehead atoms. The van der Waals surface area contributed by atoms with Crippen LogP contribution in [0.5, 0.6) is 0 Å². The largest absolute Gasteiger partial charge is 0.370 e. The lowest BCUT2D eigenvalue weighted by atomic mass is 11.1. The zero-order valence-corrected chi connectivity index (χ0v) is 9.89. The molecule has 2 aromatic rings. The van der Waals surface area contributed by atoms with Crippen LogP contribution in [0.25, 0.3) is 0 Å². The number of guanidine groups is 2. The van der Waals surface area contributed by atoms with Gasteiger partial charge < -0.3 is 22.9 Å². The lowest BCUT2D eigenvalue weighted by Gasteiger charge is -1.74. The van der Waals surface area contributed by atoms with E-state index >= 15 is 0 Å². The van der Waals surface area contributed by atoms with Gasteiger partial charge in [0.1, 0.15) is 0 Å². The third kappa shape index (κ3) is 10.8. The van der Waals surface area contributed by atoms with Gasteiger partial charge in [0.15, 0.2) is 11.9 Å². The number of H-pyrrole nitrogens is 2. The van der Waals surface area contributed by atoms with Gasteiger partial charge in [0, 0.05) is 0 Å². The van der Waals surface area contributed by atoms with Gasteiger partial charge in [0.25, 0.3) is 0 Å². The van der Waals surface area contributed by atoms with Crippen LogP contribution in [-0.2, 0) is 0 Å². The van der Waals surface area contributed by atoms with Crippen molar-refractivity contribution in [1.82, 2.24) is 41.2 Å². The fourth-order valence-corrected chi connectivity index (χ4v) is 0.487. The first kappa shape index (κ1) is 16.3. The van der Waals surface area contributed by atoms with Gasteiger partial charge in [0.05, 0.1) is 0 Å². The Morgan fingerprint density at radius 1 is 0.800 bits per heavy atom. The number of aromatic nitrogens is 8.